The van der Waals surface area contributed by atoms with Crippen LogP contribution in [-0.2, 0) is 16.6 Å². The lowest BCUT2D eigenvalue weighted by Gasteiger charge is -2.19. The maximum absolute atomic E-state index is 12.8. The number of carbonyl (C=O) groups is 2. The average Bonchev–Trinajstić information content (AvgIpc) is 3.22. The van der Waals surface area contributed by atoms with Crippen molar-refractivity contribution in [3.05, 3.63) is 46.6 Å². The highest BCUT2D eigenvalue weighted by atomic mass is 32.2. The van der Waals surface area contributed by atoms with E-state index in [0.717, 1.165) is 29.1 Å². The van der Waals surface area contributed by atoms with E-state index in [4.69, 9.17) is 0 Å². The second-order valence-electron chi connectivity index (χ2n) is 6.22. The topological polar surface area (TPSA) is 87.7 Å². The van der Waals surface area contributed by atoms with Gasteiger partial charge in [0.25, 0.3) is 21.8 Å². The molecule has 3 rings (SSSR count). The number of amides is 2. The van der Waals surface area contributed by atoms with Crippen molar-refractivity contribution in [1.82, 2.24) is 14.2 Å². The zero-order valence-corrected chi connectivity index (χ0v) is 16.8. The molecule has 2 amide bonds. The van der Waals surface area contributed by atoms with Crippen LogP contribution < -0.4 is 0 Å². The zero-order valence-electron chi connectivity index (χ0n) is 15.2. The Morgan fingerprint density at radius 3 is 2.41 bits per heavy atom. The molecule has 2 aromatic heterocycles. The van der Waals surface area contributed by atoms with Gasteiger partial charge < -0.3 is 0 Å². The molecule has 9 heteroatoms. The van der Waals surface area contributed by atoms with Gasteiger partial charge in [0.15, 0.2) is 0 Å². The number of imide groups is 1. The summed E-state index contributed by atoms with van der Waals surface area (Å²) < 4.78 is 27.4. The second-order valence-corrected chi connectivity index (χ2v) is 9.55. The van der Waals surface area contributed by atoms with E-state index < -0.39 is 21.8 Å². The summed E-state index contributed by atoms with van der Waals surface area (Å²) in [6, 6.07) is 6.38. The predicted molar refractivity (Wildman–Crippen MR) is 102 cm³/mol. The fourth-order valence-corrected chi connectivity index (χ4v) is 6.10. The summed E-state index contributed by atoms with van der Waals surface area (Å²) in [4.78, 5) is 30.6. The van der Waals surface area contributed by atoms with Gasteiger partial charge in [0.2, 0.25) is 0 Å². The van der Waals surface area contributed by atoms with Gasteiger partial charge in [0.1, 0.15) is 9.90 Å². The first-order valence-corrected chi connectivity index (χ1v) is 11.1. The second kappa shape index (κ2) is 7.87. The van der Waals surface area contributed by atoms with Crippen molar-refractivity contribution >= 4 is 33.2 Å². The molecule has 144 valence electrons. The summed E-state index contributed by atoms with van der Waals surface area (Å²) in [5, 5.41) is 0. The van der Waals surface area contributed by atoms with Crippen LogP contribution in [0.1, 0.15) is 52.4 Å². The van der Waals surface area contributed by atoms with Crippen LogP contribution in [0.25, 0.3) is 0 Å². The van der Waals surface area contributed by atoms with E-state index in [1.807, 2.05) is 13.8 Å². The summed E-state index contributed by atoms with van der Waals surface area (Å²) in [5.41, 5.74) is 0.424. The van der Waals surface area contributed by atoms with Crippen molar-refractivity contribution in [2.45, 2.75) is 37.4 Å². The van der Waals surface area contributed by atoms with Gasteiger partial charge in [-0.3, -0.25) is 19.5 Å². The van der Waals surface area contributed by atoms with Gasteiger partial charge in [0, 0.05) is 24.2 Å². The van der Waals surface area contributed by atoms with Gasteiger partial charge in [-0.1, -0.05) is 13.8 Å². The van der Waals surface area contributed by atoms with Crippen molar-refractivity contribution in [3.63, 3.8) is 0 Å². The monoisotopic (exact) mass is 407 g/mol. The standard InChI is InChI=1S/C18H21N3O4S2/c1-3-10-20(11-4-2)27(24,25)15-8-7-13(26-15)12-21-17(22)14-6-5-9-19-16(14)18(21)23/h5-9H,3-4,10-12H2,1-2H3. The maximum atomic E-state index is 12.8. The minimum atomic E-state index is -3.57. The van der Waals surface area contributed by atoms with Crippen LogP contribution in [0, 0.1) is 0 Å². The number of sulfonamides is 1. The summed E-state index contributed by atoms with van der Waals surface area (Å²) >= 11 is 1.09. The Labute approximate surface area is 162 Å². The van der Waals surface area contributed by atoms with Crippen LogP contribution >= 0.6 is 11.3 Å². The maximum Gasteiger partial charge on any atom is 0.280 e. The highest BCUT2D eigenvalue weighted by Gasteiger charge is 2.37. The molecule has 0 radical (unpaired) electrons. The number of rotatable bonds is 8. The number of aromatic nitrogens is 1. The van der Waals surface area contributed by atoms with Crippen molar-refractivity contribution in [3.8, 4) is 0 Å². The van der Waals surface area contributed by atoms with Crippen LogP contribution in [0.3, 0.4) is 0 Å². The summed E-state index contributed by atoms with van der Waals surface area (Å²) in [7, 11) is -3.57. The third kappa shape index (κ3) is 3.67. The van der Waals surface area contributed by atoms with Gasteiger partial charge >= 0.3 is 0 Å². The van der Waals surface area contributed by atoms with E-state index in [2.05, 4.69) is 4.98 Å². The predicted octanol–water partition coefficient (Wildman–Crippen LogP) is 2.75. The highest BCUT2D eigenvalue weighted by Crippen LogP contribution is 2.29. The number of hydrogen-bond donors (Lipinski definition) is 0. The number of thiophene rings is 1. The summed E-state index contributed by atoms with van der Waals surface area (Å²) in [6.07, 6.45) is 2.94. The normalized spacial score (nSPS) is 14.3. The third-order valence-electron chi connectivity index (χ3n) is 4.22. The largest absolute Gasteiger partial charge is 0.280 e. The molecule has 2 aromatic rings. The fourth-order valence-electron chi connectivity index (χ4n) is 2.97. The lowest BCUT2D eigenvalue weighted by atomic mass is 10.2. The lowest BCUT2D eigenvalue weighted by Crippen LogP contribution is -2.32. The van der Waals surface area contributed by atoms with Crippen LogP contribution in [0.15, 0.2) is 34.7 Å². The minimum Gasteiger partial charge on any atom is -0.268 e. The number of hydrogen-bond acceptors (Lipinski definition) is 6. The molecule has 0 saturated carbocycles. The molecule has 7 nitrogen and oxygen atoms in total. The molecule has 0 aromatic carbocycles. The van der Waals surface area contributed by atoms with Crippen LogP contribution in [0.2, 0.25) is 0 Å². The van der Waals surface area contributed by atoms with Gasteiger partial charge in [-0.05, 0) is 37.1 Å². The van der Waals surface area contributed by atoms with E-state index in [1.54, 1.807) is 24.3 Å². The van der Waals surface area contributed by atoms with Crippen LogP contribution in [0.4, 0.5) is 0 Å². The van der Waals surface area contributed by atoms with E-state index in [0.29, 0.717) is 18.0 Å². The molecule has 0 aliphatic carbocycles. The molecule has 3 heterocycles. The molecule has 1 aliphatic heterocycles. The Morgan fingerprint density at radius 1 is 1.07 bits per heavy atom. The third-order valence-corrected chi connectivity index (χ3v) is 7.66. The fraction of sp³-hybridized carbons (Fsp3) is 0.389. The van der Waals surface area contributed by atoms with Crippen molar-refractivity contribution in [2.24, 2.45) is 0 Å². The summed E-state index contributed by atoms with van der Waals surface area (Å²) in [6.45, 7) is 4.85. The number of fused-ring (bicyclic) bond motifs is 1. The molecule has 0 bridgehead atoms. The molecule has 27 heavy (non-hydrogen) atoms. The molecule has 1 aliphatic rings. The number of carbonyl (C=O) groups excluding carboxylic acids is 2. The first-order chi connectivity index (χ1) is 12.9. The zero-order chi connectivity index (χ0) is 19.6. The van der Waals surface area contributed by atoms with Gasteiger partial charge in [0.05, 0.1) is 12.1 Å². The highest BCUT2D eigenvalue weighted by molar-refractivity contribution is 7.91. The Kier molecular flexibility index (Phi) is 5.73. The van der Waals surface area contributed by atoms with E-state index in [-0.39, 0.29) is 22.0 Å². The first kappa shape index (κ1) is 19.7. The molecule has 0 spiro atoms. The van der Waals surface area contributed by atoms with Crippen molar-refractivity contribution < 1.29 is 18.0 Å². The van der Waals surface area contributed by atoms with Crippen molar-refractivity contribution in [2.75, 3.05) is 13.1 Å². The average molecular weight is 408 g/mol. The smallest absolute Gasteiger partial charge is 0.268 e. The van der Waals surface area contributed by atoms with Crippen molar-refractivity contribution in [1.29, 1.82) is 0 Å². The number of nitrogens with zero attached hydrogens (tertiary/aromatic N) is 3. The van der Waals surface area contributed by atoms with E-state index in [9.17, 15) is 18.0 Å². The first-order valence-electron chi connectivity index (χ1n) is 8.80. The van der Waals surface area contributed by atoms with E-state index >= 15 is 0 Å². The molecular weight excluding hydrogens is 386 g/mol. The van der Waals surface area contributed by atoms with Gasteiger partial charge in [-0.25, -0.2) is 8.42 Å². The number of pyridine rings is 1. The molecular formula is C18H21N3O4S2. The minimum absolute atomic E-state index is 0.0375. The summed E-state index contributed by atoms with van der Waals surface area (Å²) in [5.74, 6) is -0.855. The molecule has 0 atom stereocenters. The molecule has 0 saturated heterocycles. The Balaban J connectivity index is 1.81. The SMILES string of the molecule is CCCN(CCC)S(=O)(=O)c1ccc(CN2C(=O)c3cccnc3C2=O)s1. The van der Waals surface area contributed by atoms with Crippen LogP contribution in [-0.4, -0.2) is 47.5 Å². The van der Waals surface area contributed by atoms with Gasteiger partial charge in [-0.15, -0.1) is 11.3 Å². The van der Waals surface area contributed by atoms with Gasteiger partial charge in [-0.2, -0.15) is 4.31 Å². The lowest BCUT2D eigenvalue weighted by molar-refractivity contribution is 0.0642. The molecule has 0 unspecified atom stereocenters. The Bertz CT molecular complexity index is 927. The quantitative estimate of drug-likeness (QED) is 0.628. The Morgan fingerprint density at radius 2 is 1.78 bits per heavy atom. The van der Waals surface area contributed by atoms with Crippen LogP contribution in [0.5, 0.6) is 0 Å². The van der Waals surface area contributed by atoms with E-state index in [1.165, 1.54) is 10.5 Å². The molecule has 0 N–H and O–H groups in total. The Hall–Kier alpha value is -2.10. The molecule has 0 fully saturated rings.